The third-order valence-corrected chi connectivity index (χ3v) is 3.96. The highest BCUT2D eigenvalue weighted by atomic mass is 16.5. The van der Waals surface area contributed by atoms with Gasteiger partial charge in [-0.15, -0.1) is 0 Å². The van der Waals surface area contributed by atoms with E-state index in [0.29, 0.717) is 5.56 Å². The highest BCUT2D eigenvalue weighted by molar-refractivity contribution is 5.94. The Kier molecular flexibility index (Phi) is 5.39. The second-order valence-corrected chi connectivity index (χ2v) is 5.65. The topological polar surface area (TPSA) is 68.3 Å². The van der Waals surface area contributed by atoms with E-state index in [1.165, 1.54) is 25.4 Å². The number of rotatable bonds is 5. The zero-order valence-corrected chi connectivity index (χ0v) is 14.3. The van der Waals surface area contributed by atoms with E-state index < -0.39 is 5.97 Å². The number of amides is 1. The lowest BCUT2D eigenvalue weighted by atomic mass is 9.98. The van der Waals surface area contributed by atoms with E-state index in [1.54, 1.807) is 0 Å². The van der Waals surface area contributed by atoms with Crippen LogP contribution in [0.4, 0.5) is 0 Å². The number of hydrogen-bond donors (Lipinski definition) is 1. The smallest absolute Gasteiger partial charge is 0.339 e. The number of benzene rings is 2. The molecule has 5 nitrogen and oxygen atoms in total. The second-order valence-electron chi connectivity index (χ2n) is 5.65. The lowest BCUT2D eigenvalue weighted by molar-refractivity contribution is 0.0599. The zero-order chi connectivity index (χ0) is 18.4. The quantitative estimate of drug-likeness (QED) is 0.719. The van der Waals surface area contributed by atoms with Crippen molar-refractivity contribution in [3.63, 3.8) is 0 Å². The zero-order valence-electron chi connectivity index (χ0n) is 14.3. The highest BCUT2D eigenvalue weighted by Gasteiger charge is 2.18. The number of nitrogens with one attached hydrogen (secondary N) is 1. The van der Waals surface area contributed by atoms with Crippen molar-refractivity contribution >= 4 is 11.9 Å². The maximum Gasteiger partial charge on any atom is 0.339 e. The van der Waals surface area contributed by atoms with Crippen LogP contribution in [-0.4, -0.2) is 24.0 Å². The summed E-state index contributed by atoms with van der Waals surface area (Å²) in [5.74, 6) is -0.810. The van der Waals surface area contributed by atoms with Crippen LogP contribution in [0.15, 0.2) is 79.0 Å². The molecule has 0 spiro atoms. The number of methoxy groups -OCH3 is 1. The summed E-state index contributed by atoms with van der Waals surface area (Å²) in [7, 11) is 1.30. The van der Waals surface area contributed by atoms with E-state index in [2.05, 4.69) is 15.0 Å². The fraction of sp³-hybridized carbons (Fsp3) is 0.0952. The van der Waals surface area contributed by atoms with Crippen LogP contribution < -0.4 is 5.32 Å². The molecule has 0 atom stereocenters. The number of ether oxygens (including phenoxy) is 1. The molecule has 0 saturated carbocycles. The Morgan fingerprint density at radius 2 is 1.46 bits per heavy atom. The van der Waals surface area contributed by atoms with Crippen LogP contribution in [0.5, 0.6) is 0 Å². The van der Waals surface area contributed by atoms with Gasteiger partial charge in [-0.1, -0.05) is 60.7 Å². The molecule has 1 N–H and O–H groups in total. The summed E-state index contributed by atoms with van der Waals surface area (Å²) in [5, 5.41) is 3.01. The van der Waals surface area contributed by atoms with Crippen molar-refractivity contribution in [2.45, 2.75) is 6.04 Å². The third-order valence-electron chi connectivity index (χ3n) is 3.96. The van der Waals surface area contributed by atoms with Gasteiger partial charge in [0.25, 0.3) is 5.91 Å². The number of carbonyl (C=O) groups is 2. The largest absolute Gasteiger partial charge is 0.465 e. The molecule has 1 aromatic heterocycles. The molecule has 2 aromatic carbocycles. The van der Waals surface area contributed by atoms with Gasteiger partial charge < -0.3 is 10.1 Å². The molecular weight excluding hydrogens is 328 g/mol. The van der Waals surface area contributed by atoms with Gasteiger partial charge in [-0.3, -0.25) is 9.78 Å². The van der Waals surface area contributed by atoms with Crippen molar-refractivity contribution in [1.82, 2.24) is 10.3 Å². The van der Waals surface area contributed by atoms with Crippen LogP contribution in [0, 0.1) is 0 Å². The Hall–Kier alpha value is -3.47. The second kappa shape index (κ2) is 8.07. The van der Waals surface area contributed by atoms with Crippen LogP contribution in [-0.2, 0) is 4.74 Å². The molecule has 0 bridgehead atoms. The van der Waals surface area contributed by atoms with Gasteiger partial charge in [-0.05, 0) is 23.3 Å². The van der Waals surface area contributed by atoms with E-state index in [4.69, 9.17) is 0 Å². The van der Waals surface area contributed by atoms with Crippen molar-refractivity contribution in [3.05, 3.63) is 101 Å². The number of nitrogens with zero attached hydrogens (tertiary/aromatic N) is 1. The highest BCUT2D eigenvalue weighted by Crippen LogP contribution is 2.22. The number of aromatic nitrogens is 1. The number of hydrogen-bond acceptors (Lipinski definition) is 4. The summed E-state index contributed by atoms with van der Waals surface area (Å²) in [4.78, 5) is 28.2. The number of esters is 1. The van der Waals surface area contributed by atoms with E-state index in [0.717, 1.165) is 11.1 Å². The molecule has 130 valence electrons. The van der Waals surface area contributed by atoms with Gasteiger partial charge in [0.2, 0.25) is 0 Å². The minimum absolute atomic E-state index is 0.231. The molecule has 26 heavy (non-hydrogen) atoms. The Bertz CT molecular complexity index is 839. The van der Waals surface area contributed by atoms with Crippen molar-refractivity contribution < 1.29 is 14.3 Å². The summed E-state index contributed by atoms with van der Waals surface area (Å²) >= 11 is 0. The van der Waals surface area contributed by atoms with Crippen LogP contribution >= 0.6 is 0 Å². The number of pyridine rings is 1. The first-order chi connectivity index (χ1) is 12.7. The first-order valence-corrected chi connectivity index (χ1v) is 8.14. The Morgan fingerprint density at radius 1 is 0.885 bits per heavy atom. The summed E-state index contributed by atoms with van der Waals surface area (Å²) in [6, 6.07) is 22.2. The van der Waals surface area contributed by atoms with Gasteiger partial charge in [0.05, 0.1) is 18.7 Å². The maximum atomic E-state index is 12.7. The van der Waals surface area contributed by atoms with Gasteiger partial charge >= 0.3 is 5.97 Å². The van der Waals surface area contributed by atoms with Gasteiger partial charge in [0, 0.05) is 6.20 Å². The molecule has 3 rings (SSSR count). The molecule has 0 aliphatic rings. The molecule has 3 aromatic rings. The fourth-order valence-electron chi connectivity index (χ4n) is 2.62. The van der Waals surface area contributed by atoms with Crippen molar-refractivity contribution in [3.8, 4) is 0 Å². The molecule has 1 amide bonds. The van der Waals surface area contributed by atoms with Gasteiger partial charge in [0.1, 0.15) is 5.69 Å². The molecule has 0 saturated heterocycles. The summed E-state index contributed by atoms with van der Waals surface area (Å²) in [6.45, 7) is 0. The number of carbonyl (C=O) groups excluding carboxylic acids is 2. The Morgan fingerprint density at radius 3 is 1.92 bits per heavy atom. The Labute approximate surface area is 151 Å². The standard InChI is InChI=1S/C21H18N2O3/c1-26-21(25)17-12-13-18(22-14-17)20(24)23-19(15-8-4-2-5-9-15)16-10-6-3-7-11-16/h2-14,19H,1H3,(H,23,24). The summed E-state index contributed by atoms with van der Waals surface area (Å²) in [6.07, 6.45) is 1.33. The van der Waals surface area contributed by atoms with Gasteiger partial charge in [-0.2, -0.15) is 0 Å². The van der Waals surface area contributed by atoms with Gasteiger partial charge in [-0.25, -0.2) is 4.79 Å². The van der Waals surface area contributed by atoms with Crippen LogP contribution in [0.1, 0.15) is 38.0 Å². The van der Waals surface area contributed by atoms with Crippen LogP contribution in [0.2, 0.25) is 0 Å². The van der Waals surface area contributed by atoms with E-state index >= 15 is 0 Å². The summed E-state index contributed by atoms with van der Waals surface area (Å²) < 4.78 is 4.64. The molecule has 0 aliphatic carbocycles. The fourth-order valence-corrected chi connectivity index (χ4v) is 2.62. The van der Waals surface area contributed by atoms with E-state index in [-0.39, 0.29) is 17.6 Å². The van der Waals surface area contributed by atoms with Crippen LogP contribution in [0.25, 0.3) is 0 Å². The molecule has 0 fully saturated rings. The predicted octanol–water partition coefficient (Wildman–Crippen LogP) is 3.39. The molecule has 5 heteroatoms. The van der Waals surface area contributed by atoms with Gasteiger partial charge in [0.15, 0.2) is 0 Å². The predicted molar refractivity (Wildman–Crippen MR) is 97.8 cm³/mol. The minimum atomic E-state index is -0.490. The molecule has 0 radical (unpaired) electrons. The first-order valence-electron chi connectivity index (χ1n) is 8.14. The monoisotopic (exact) mass is 346 g/mol. The summed E-state index contributed by atoms with van der Waals surface area (Å²) in [5.41, 5.74) is 2.47. The Balaban J connectivity index is 1.85. The SMILES string of the molecule is COC(=O)c1ccc(C(=O)NC(c2ccccc2)c2ccccc2)nc1. The molecular formula is C21H18N2O3. The van der Waals surface area contributed by atoms with Crippen molar-refractivity contribution in [2.24, 2.45) is 0 Å². The third kappa shape index (κ3) is 3.95. The average Bonchev–Trinajstić information content (AvgIpc) is 2.72. The van der Waals surface area contributed by atoms with Crippen LogP contribution in [0.3, 0.4) is 0 Å². The lowest BCUT2D eigenvalue weighted by Crippen LogP contribution is -2.30. The minimum Gasteiger partial charge on any atom is -0.465 e. The lowest BCUT2D eigenvalue weighted by Gasteiger charge is -2.19. The van der Waals surface area contributed by atoms with Crippen molar-refractivity contribution in [1.29, 1.82) is 0 Å². The normalized spacial score (nSPS) is 10.4. The van der Waals surface area contributed by atoms with E-state index in [9.17, 15) is 9.59 Å². The van der Waals surface area contributed by atoms with Crippen molar-refractivity contribution in [2.75, 3.05) is 7.11 Å². The molecule has 1 heterocycles. The molecule has 0 aliphatic heterocycles. The first kappa shape index (κ1) is 17.4. The average molecular weight is 346 g/mol. The van der Waals surface area contributed by atoms with E-state index in [1.807, 2.05) is 60.7 Å². The molecule has 0 unspecified atom stereocenters. The maximum absolute atomic E-state index is 12.7.